The Labute approximate surface area is 140 Å². The van der Waals surface area contributed by atoms with Crippen LogP contribution in [0.2, 0.25) is 0 Å². The van der Waals surface area contributed by atoms with E-state index in [-0.39, 0.29) is 23.2 Å². The van der Waals surface area contributed by atoms with Gasteiger partial charge in [-0.3, -0.25) is 0 Å². The number of rotatable bonds is 4. The molecule has 6 heteroatoms. The van der Waals surface area contributed by atoms with E-state index in [2.05, 4.69) is 0 Å². The number of hydrogen-bond acceptors (Lipinski definition) is 6. The van der Waals surface area contributed by atoms with Crippen LogP contribution in [0.3, 0.4) is 0 Å². The second-order valence-corrected chi connectivity index (χ2v) is 5.50. The molecule has 24 heavy (non-hydrogen) atoms. The fourth-order valence-electron chi connectivity index (χ4n) is 3.16. The fourth-order valence-corrected chi connectivity index (χ4v) is 3.16. The van der Waals surface area contributed by atoms with Crippen LogP contribution in [0.25, 0.3) is 0 Å². The van der Waals surface area contributed by atoms with Crippen molar-refractivity contribution in [3.63, 3.8) is 0 Å². The maximum absolute atomic E-state index is 10.2. The summed E-state index contributed by atoms with van der Waals surface area (Å²) in [5, 5.41) is 20.1. The molecule has 2 aromatic rings. The van der Waals surface area contributed by atoms with Gasteiger partial charge < -0.3 is 29.2 Å². The minimum absolute atomic E-state index is 0.109. The van der Waals surface area contributed by atoms with Crippen LogP contribution in [-0.2, 0) is 9.47 Å². The van der Waals surface area contributed by atoms with E-state index < -0.39 is 12.4 Å². The van der Waals surface area contributed by atoms with Gasteiger partial charge in [-0.1, -0.05) is 30.3 Å². The van der Waals surface area contributed by atoms with Crippen molar-refractivity contribution in [3.05, 3.63) is 47.5 Å². The van der Waals surface area contributed by atoms with Crippen molar-refractivity contribution in [2.24, 2.45) is 0 Å². The molecule has 0 saturated carbocycles. The normalized spacial score (nSPS) is 22.5. The second kappa shape index (κ2) is 6.59. The molecule has 0 spiro atoms. The zero-order valence-corrected chi connectivity index (χ0v) is 13.7. The summed E-state index contributed by atoms with van der Waals surface area (Å²) in [6.07, 6.45) is -1.18. The Morgan fingerprint density at radius 2 is 1.71 bits per heavy atom. The standard InChI is InChI=1S/C18H20O6/c1-21-12-9-11(19)15(20)17-14(12)16(22-2)13(18(23-3)24-17)10-7-5-4-6-8-10/h4-9,13,16,18-20H,1-3H3. The number of phenols is 2. The highest BCUT2D eigenvalue weighted by atomic mass is 16.7. The monoisotopic (exact) mass is 332 g/mol. The van der Waals surface area contributed by atoms with E-state index in [4.69, 9.17) is 18.9 Å². The van der Waals surface area contributed by atoms with Crippen LogP contribution in [0.4, 0.5) is 0 Å². The molecule has 1 aliphatic heterocycles. The Morgan fingerprint density at radius 1 is 1.00 bits per heavy atom. The second-order valence-electron chi connectivity index (χ2n) is 5.50. The van der Waals surface area contributed by atoms with Gasteiger partial charge in [0.1, 0.15) is 11.9 Å². The van der Waals surface area contributed by atoms with Crippen molar-refractivity contribution in [1.29, 1.82) is 0 Å². The van der Waals surface area contributed by atoms with Crippen LogP contribution < -0.4 is 9.47 Å². The zero-order chi connectivity index (χ0) is 17.3. The molecule has 2 N–H and O–H groups in total. The lowest BCUT2D eigenvalue weighted by molar-refractivity contribution is -0.121. The predicted molar refractivity (Wildman–Crippen MR) is 86.7 cm³/mol. The first-order valence-corrected chi connectivity index (χ1v) is 7.52. The molecule has 3 unspecified atom stereocenters. The van der Waals surface area contributed by atoms with Crippen LogP contribution in [0.1, 0.15) is 23.1 Å². The Bertz CT molecular complexity index is 715. The number of phenolic OH excluding ortho intramolecular Hbond substituents is 2. The molecule has 2 aromatic carbocycles. The number of ether oxygens (including phenoxy) is 4. The van der Waals surface area contributed by atoms with Crippen molar-refractivity contribution < 1.29 is 29.2 Å². The average molecular weight is 332 g/mol. The van der Waals surface area contributed by atoms with E-state index >= 15 is 0 Å². The molecule has 3 rings (SSSR count). The smallest absolute Gasteiger partial charge is 0.209 e. The molecular weight excluding hydrogens is 312 g/mol. The summed E-state index contributed by atoms with van der Waals surface area (Å²) in [5.41, 5.74) is 1.51. The summed E-state index contributed by atoms with van der Waals surface area (Å²) in [4.78, 5) is 0. The first-order chi connectivity index (χ1) is 11.6. The van der Waals surface area contributed by atoms with Gasteiger partial charge in [-0.05, 0) is 5.56 Å². The summed E-state index contributed by atoms with van der Waals surface area (Å²) >= 11 is 0. The molecule has 3 atom stereocenters. The molecule has 0 fully saturated rings. The summed E-state index contributed by atoms with van der Waals surface area (Å²) in [7, 11) is 4.58. The maximum atomic E-state index is 10.2. The molecule has 0 amide bonds. The van der Waals surface area contributed by atoms with Gasteiger partial charge in [0, 0.05) is 20.3 Å². The lowest BCUT2D eigenvalue weighted by Gasteiger charge is -2.39. The number of aromatic hydroxyl groups is 2. The Kier molecular flexibility index (Phi) is 4.51. The zero-order valence-electron chi connectivity index (χ0n) is 13.7. The van der Waals surface area contributed by atoms with Gasteiger partial charge in [-0.15, -0.1) is 0 Å². The number of hydrogen-bond donors (Lipinski definition) is 2. The molecule has 6 nitrogen and oxygen atoms in total. The highest BCUT2D eigenvalue weighted by molar-refractivity contribution is 5.62. The molecule has 0 bridgehead atoms. The summed E-state index contributed by atoms with van der Waals surface area (Å²) in [6.45, 7) is 0. The maximum Gasteiger partial charge on any atom is 0.209 e. The van der Waals surface area contributed by atoms with Gasteiger partial charge in [0.25, 0.3) is 0 Å². The molecule has 128 valence electrons. The predicted octanol–water partition coefficient (Wildman–Crippen LogP) is 2.94. The quantitative estimate of drug-likeness (QED) is 0.838. The van der Waals surface area contributed by atoms with Crippen LogP contribution in [0, 0.1) is 0 Å². The average Bonchev–Trinajstić information content (AvgIpc) is 2.63. The topological polar surface area (TPSA) is 77.4 Å². The minimum atomic E-state index is -0.692. The Morgan fingerprint density at radius 3 is 2.29 bits per heavy atom. The van der Waals surface area contributed by atoms with Crippen LogP contribution >= 0.6 is 0 Å². The Hall–Kier alpha value is -2.44. The van der Waals surface area contributed by atoms with Gasteiger partial charge >= 0.3 is 0 Å². The third-order valence-corrected chi connectivity index (χ3v) is 4.26. The van der Waals surface area contributed by atoms with Crippen molar-refractivity contribution in [2.75, 3.05) is 21.3 Å². The molecule has 0 radical (unpaired) electrons. The van der Waals surface area contributed by atoms with Crippen LogP contribution in [0.5, 0.6) is 23.0 Å². The van der Waals surface area contributed by atoms with E-state index in [0.29, 0.717) is 11.3 Å². The summed E-state index contributed by atoms with van der Waals surface area (Å²) in [5.74, 6) is -0.471. The number of benzene rings is 2. The van der Waals surface area contributed by atoms with Gasteiger partial charge in [0.05, 0.1) is 18.6 Å². The van der Waals surface area contributed by atoms with Gasteiger partial charge in [0.2, 0.25) is 12.0 Å². The third-order valence-electron chi connectivity index (χ3n) is 4.26. The van der Waals surface area contributed by atoms with Crippen LogP contribution in [0.15, 0.2) is 36.4 Å². The van der Waals surface area contributed by atoms with E-state index in [0.717, 1.165) is 5.56 Å². The van der Waals surface area contributed by atoms with E-state index in [1.807, 2.05) is 30.3 Å². The van der Waals surface area contributed by atoms with Gasteiger partial charge in [-0.25, -0.2) is 0 Å². The molecule has 1 heterocycles. The van der Waals surface area contributed by atoms with Crippen LogP contribution in [-0.4, -0.2) is 37.8 Å². The first-order valence-electron chi connectivity index (χ1n) is 7.52. The summed E-state index contributed by atoms with van der Waals surface area (Å²) < 4.78 is 22.4. The Balaban J connectivity index is 2.21. The molecule has 0 aliphatic carbocycles. The number of fused-ring (bicyclic) bond motifs is 1. The van der Waals surface area contributed by atoms with Gasteiger partial charge in [-0.2, -0.15) is 0 Å². The first kappa shape index (κ1) is 16.4. The number of methoxy groups -OCH3 is 3. The van der Waals surface area contributed by atoms with Crippen molar-refractivity contribution in [1.82, 2.24) is 0 Å². The minimum Gasteiger partial charge on any atom is -0.504 e. The molecular formula is C18H20O6. The van der Waals surface area contributed by atoms with E-state index in [9.17, 15) is 10.2 Å². The van der Waals surface area contributed by atoms with Crippen molar-refractivity contribution in [3.8, 4) is 23.0 Å². The SMILES string of the molecule is COc1cc(O)c(O)c2c1C(OC)C(c1ccccc1)C(OC)O2. The van der Waals surface area contributed by atoms with E-state index in [1.54, 1.807) is 7.11 Å². The molecule has 1 aliphatic rings. The fraction of sp³-hybridized carbons (Fsp3) is 0.333. The lowest BCUT2D eigenvalue weighted by atomic mass is 9.85. The lowest BCUT2D eigenvalue weighted by Crippen LogP contribution is -2.36. The molecule has 0 saturated heterocycles. The highest BCUT2D eigenvalue weighted by Crippen LogP contribution is 2.55. The summed E-state index contributed by atoms with van der Waals surface area (Å²) in [6, 6.07) is 11.0. The largest absolute Gasteiger partial charge is 0.504 e. The molecule has 0 aromatic heterocycles. The van der Waals surface area contributed by atoms with E-state index in [1.165, 1.54) is 20.3 Å². The van der Waals surface area contributed by atoms with Gasteiger partial charge in [0.15, 0.2) is 11.5 Å². The van der Waals surface area contributed by atoms with Crippen molar-refractivity contribution >= 4 is 0 Å². The highest BCUT2D eigenvalue weighted by Gasteiger charge is 2.43. The third kappa shape index (κ3) is 2.53. The van der Waals surface area contributed by atoms with Crippen molar-refractivity contribution in [2.45, 2.75) is 18.3 Å².